The molecule has 1 unspecified atom stereocenters. The summed E-state index contributed by atoms with van der Waals surface area (Å²) in [4.78, 5) is 11.3. The molecule has 1 aromatic carbocycles. The molecule has 5 rings (SSSR count). The number of fused-ring (bicyclic) bond motifs is 5. The zero-order chi connectivity index (χ0) is 22.8. The van der Waals surface area contributed by atoms with Crippen LogP contribution < -0.4 is 4.74 Å². The lowest BCUT2D eigenvalue weighted by Crippen LogP contribution is -2.61. The highest BCUT2D eigenvalue weighted by atomic mass is 16.7. The van der Waals surface area contributed by atoms with Crippen molar-refractivity contribution in [3.63, 3.8) is 0 Å². The normalized spacial score (nSPS) is 45.5. The second-order valence-electron chi connectivity index (χ2n) is 10.3. The molecular weight excluding hydrogens is 416 g/mol. The summed E-state index contributed by atoms with van der Waals surface area (Å²) in [7, 11) is 0. The topological polar surface area (TPSA) is 137 Å². The summed E-state index contributed by atoms with van der Waals surface area (Å²) in [6.07, 6.45) is -2.28. The van der Waals surface area contributed by atoms with Crippen LogP contribution in [0.1, 0.15) is 56.1 Å². The lowest BCUT2D eigenvalue weighted by molar-refractivity contribution is -0.271. The molecule has 0 spiro atoms. The molecule has 32 heavy (non-hydrogen) atoms. The summed E-state index contributed by atoms with van der Waals surface area (Å²) in [5, 5.41) is 49.8. The van der Waals surface area contributed by atoms with E-state index in [2.05, 4.69) is 6.92 Å². The summed E-state index contributed by atoms with van der Waals surface area (Å²) in [6.45, 7) is 2.25. The molecule has 8 heteroatoms. The van der Waals surface area contributed by atoms with E-state index in [-0.39, 0.29) is 11.5 Å². The van der Waals surface area contributed by atoms with E-state index in [0.717, 1.165) is 38.5 Å². The van der Waals surface area contributed by atoms with Crippen molar-refractivity contribution in [1.29, 1.82) is 0 Å². The first-order chi connectivity index (χ1) is 15.2. The van der Waals surface area contributed by atoms with Gasteiger partial charge >= 0.3 is 5.97 Å². The van der Waals surface area contributed by atoms with E-state index in [1.807, 2.05) is 12.1 Å². The minimum absolute atomic E-state index is 0.0300. The van der Waals surface area contributed by atoms with Gasteiger partial charge in [-0.25, -0.2) is 4.79 Å². The van der Waals surface area contributed by atoms with Gasteiger partial charge in [0.25, 0.3) is 0 Å². The smallest absolute Gasteiger partial charge is 0.335 e. The molecule has 1 aromatic rings. The molecule has 2 saturated carbocycles. The summed E-state index contributed by atoms with van der Waals surface area (Å²) in [5.41, 5.74) is 2.51. The predicted molar refractivity (Wildman–Crippen MR) is 112 cm³/mol. The molecule has 0 bridgehead atoms. The van der Waals surface area contributed by atoms with Gasteiger partial charge in [-0.3, -0.25) is 0 Å². The number of benzene rings is 1. The number of rotatable bonds is 3. The summed E-state index contributed by atoms with van der Waals surface area (Å²) in [5.74, 6) is 0.570. The van der Waals surface area contributed by atoms with Crippen molar-refractivity contribution in [2.45, 2.75) is 88.2 Å². The van der Waals surface area contributed by atoms with E-state index in [1.165, 1.54) is 11.1 Å². The van der Waals surface area contributed by atoms with E-state index in [4.69, 9.17) is 9.47 Å². The summed E-state index contributed by atoms with van der Waals surface area (Å²) in [6, 6.07) is 5.75. The molecule has 1 saturated heterocycles. The van der Waals surface area contributed by atoms with E-state index in [9.17, 15) is 30.3 Å². The van der Waals surface area contributed by atoms with Crippen molar-refractivity contribution in [3.8, 4) is 5.75 Å². The number of carboxylic acids is 1. The van der Waals surface area contributed by atoms with Gasteiger partial charge in [-0.15, -0.1) is 0 Å². The van der Waals surface area contributed by atoms with Crippen LogP contribution in [-0.4, -0.2) is 68.3 Å². The molecule has 3 fully saturated rings. The van der Waals surface area contributed by atoms with Crippen LogP contribution in [0.4, 0.5) is 0 Å². The third-order valence-electron chi connectivity index (χ3n) is 8.71. The highest BCUT2D eigenvalue weighted by Crippen LogP contribution is 2.60. The van der Waals surface area contributed by atoms with Crippen molar-refractivity contribution in [2.75, 3.05) is 0 Å². The Labute approximate surface area is 186 Å². The number of ether oxygens (including phenoxy) is 2. The van der Waals surface area contributed by atoms with Crippen LogP contribution in [-0.2, 0) is 16.0 Å². The van der Waals surface area contributed by atoms with Crippen molar-refractivity contribution >= 4 is 5.97 Å². The van der Waals surface area contributed by atoms with Gasteiger partial charge in [0.15, 0.2) is 6.10 Å². The van der Waals surface area contributed by atoms with Crippen LogP contribution in [0.5, 0.6) is 5.75 Å². The van der Waals surface area contributed by atoms with Gasteiger partial charge in [0, 0.05) is 0 Å². The molecule has 1 heterocycles. The van der Waals surface area contributed by atoms with Gasteiger partial charge in [-0.2, -0.15) is 0 Å². The second-order valence-corrected chi connectivity index (χ2v) is 10.3. The molecule has 4 aliphatic rings. The van der Waals surface area contributed by atoms with Crippen molar-refractivity contribution in [3.05, 3.63) is 29.3 Å². The molecule has 8 nitrogen and oxygen atoms in total. The van der Waals surface area contributed by atoms with Crippen LogP contribution in [0.3, 0.4) is 0 Å². The number of aliphatic carboxylic acids is 1. The fourth-order valence-corrected chi connectivity index (χ4v) is 6.89. The van der Waals surface area contributed by atoms with Gasteiger partial charge in [0.05, 0.1) is 6.10 Å². The highest BCUT2D eigenvalue weighted by Gasteiger charge is 2.54. The standard InChI is InChI=1S/C24H32O8/c1-24-9-8-14-13-5-3-12(10-11(13)2-4-15(14)16(24)6-7-17(24)25)31-23-20(28)18(26)19(27)21(32-23)22(29)30/h3,5,10,14-21,23,25-28H,2,4,6-9H2,1H3,(H,29,30)/t14-,15+,16-,17?,18-,19-,20+,21-,23+,24-/m0/s1. The zero-order valence-corrected chi connectivity index (χ0v) is 18.1. The van der Waals surface area contributed by atoms with Crippen molar-refractivity contribution < 1.29 is 39.8 Å². The third kappa shape index (κ3) is 3.35. The molecule has 176 valence electrons. The molecule has 1 aliphatic heterocycles. The zero-order valence-electron chi connectivity index (χ0n) is 18.1. The largest absolute Gasteiger partial charge is 0.479 e. The number of aliphatic hydroxyl groups is 4. The number of aryl methyl sites for hydroxylation is 1. The maximum absolute atomic E-state index is 11.3. The number of hydrogen-bond acceptors (Lipinski definition) is 7. The quantitative estimate of drug-likeness (QED) is 0.465. The predicted octanol–water partition coefficient (Wildman–Crippen LogP) is 1.17. The molecular formula is C24H32O8. The fourth-order valence-electron chi connectivity index (χ4n) is 6.89. The van der Waals surface area contributed by atoms with E-state index in [1.54, 1.807) is 6.07 Å². The average Bonchev–Trinajstić information content (AvgIpc) is 3.08. The number of carbonyl (C=O) groups is 1. The third-order valence-corrected chi connectivity index (χ3v) is 8.71. The van der Waals surface area contributed by atoms with Gasteiger partial charge in [-0.05, 0) is 85.0 Å². The van der Waals surface area contributed by atoms with Crippen LogP contribution >= 0.6 is 0 Å². The van der Waals surface area contributed by atoms with Gasteiger partial charge in [-0.1, -0.05) is 13.0 Å². The van der Waals surface area contributed by atoms with Gasteiger partial charge < -0.3 is 35.0 Å². The number of hydrogen-bond donors (Lipinski definition) is 5. The van der Waals surface area contributed by atoms with Crippen LogP contribution in [0, 0.1) is 17.3 Å². The van der Waals surface area contributed by atoms with E-state index >= 15 is 0 Å². The van der Waals surface area contributed by atoms with Crippen molar-refractivity contribution in [1.82, 2.24) is 0 Å². The van der Waals surface area contributed by atoms with Crippen LogP contribution in [0.25, 0.3) is 0 Å². The maximum Gasteiger partial charge on any atom is 0.335 e. The first kappa shape index (κ1) is 22.1. The first-order valence-corrected chi connectivity index (χ1v) is 11.6. The molecule has 0 radical (unpaired) electrons. The maximum atomic E-state index is 11.3. The Hall–Kier alpha value is -1.71. The van der Waals surface area contributed by atoms with E-state index in [0.29, 0.717) is 23.5 Å². The molecule has 0 amide bonds. The number of aliphatic hydroxyl groups excluding tert-OH is 4. The second kappa shape index (κ2) is 7.95. The van der Waals surface area contributed by atoms with Crippen LogP contribution in [0.15, 0.2) is 18.2 Å². The Bertz CT molecular complexity index is 889. The SMILES string of the molecule is C[C@]12CC[C@H]3c4ccc(O[C@@H]5O[C@H](C(=O)O)[C@@H](O)[C@H](O)[C@H]5O)cc4CC[C@H]3[C@@H]1CCC2O. The minimum Gasteiger partial charge on any atom is -0.479 e. The average molecular weight is 449 g/mol. The Morgan fingerprint density at radius 1 is 1.06 bits per heavy atom. The lowest BCUT2D eigenvalue weighted by Gasteiger charge is -2.50. The fraction of sp³-hybridized carbons (Fsp3) is 0.708. The minimum atomic E-state index is -1.74. The Morgan fingerprint density at radius 3 is 2.59 bits per heavy atom. The van der Waals surface area contributed by atoms with Crippen LogP contribution in [0.2, 0.25) is 0 Å². The van der Waals surface area contributed by atoms with Gasteiger partial charge in [0.2, 0.25) is 6.29 Å². The van der Waals surface area contributed by atoms with E-state index < -0.39 is 36.7 Å². The molecule has 10 atom stereocenters. The highest BCUT2D eigenvalue weighted by molar-refractivity contribution is 5.73. The monoisotopic (exact) mass is 448 g/mol. The first-order valence-electron chi connectivity index (χ1n) is 11.6. The summed E-state index contributed by atoms with van der Waals surface area (Å²) < 4.78 is 11.0. The number of carboxylic acid groups (broad SMARTS) is 1. The molecule has 3 aliphatic carbocycles. The summed E-state index contributed by atoms with van der Waals surface area (Å²) >= 11 is 0. The molecule has 0 aromatic heterocycles. The Balaban J connectivity index is 1.34. The van der Waals surface area contributed by atoms with Crippen molar-refractivity contribution in [2.24, 2.45) is 17.3 Å². The van der Waals surface area contributed by atoms with Gasteiger partial charge in [0.1, 0.15) is 24.1 Å². The lowest BCUT2D eigenvalue weighted by atomic mass is 9.55. The Morgan fingerprint density at radius 2 is 1.84 bits per heavy atom. The Kier molecular flexibility index (Phi) is 5.49. The molecule has 5 N–H and O–H groups in total.